The molecule has 0 aliphatic rings. The van der Waals surface area contributed by atoms with Crippen molar-refractivity contribution in [3.05, 3.63) is 29.6 Å². The van der Waals surface area contributed by atoms with Crippen LogP contribution >= 0.6 is 0 Å². The van der Waals surface area contributed by atoms with Crippen LogP contribution in [0.4, 0.5) is 4.79 Å². The van der Waals surface area contributed by atoms with Crippen LogP contribution in [0.15, 0.2) is 18.5 Å². The number of hydrogen-bond donors (Lipinski definition) is 1. The molecule has 1 N–H and O–H groups in total. The zero-order chi connectivity index (χ0) is 10.4. The highest BCUT2D eigenvalue weighted by Gasteiger charge is 2.01. The Labute approximate surface area is 83.3 Å². The first-order chi connectivity index (χ1) is 6.74. The molecule has 1 heterocycles. The first-order valence-corrected chi connectivity index (χ1v) is 4.54. The molecule has 4 heteroatoms. The Kier molecular flexibility index (Phi) is 3.91. The van der Waals surface area contributed by atoms with Crippen LogP contribution in [0.3, 0.4) is 0 Å². The number of aromatic nitrogens is 1. The first kappa shape index (κ1) is 10.5. The fourth-order valence-corrected chi connectivity index (χ4v) is 1.03. The van der Waals surface area contributed by atoms with Crippen LogP contribution in [-0.2, 0) is 11.3 Å². The number of alkyl carbamates (subject to hydrolysis) is 1. The maximum Gasteiger partial charge on any atom is 0.407 e. The Morgan fingerprint density at radius 2 is 2.43 bits per heavy atom. The predicted octanol–water partition coefficient (Wildman–Crippen LogP) is 1.64. The van der Waals surface area contributed by atoms with Crippen LogP contribution in [0, 0.1) is 6.92 Å². The van der Waals surface area contributed by atoms with E-state index in [2.05, 4.69) is 10.3 Å². The first-order valence-electron chi connectivity index (χ1n) is 4.54. The van der Waals surface area contributed by atoms with Crippen molar-refractivity contribution in [2.24, 2.45) is 0 Å². The van der Waals surface area contributed by atoms with Gasteiger partial charge in [-0.3, -0.25) is 4.98 Å². The lowest BCUT2D eigenvalue weighted by Crippen LogP contribution is -2.24. The lowest BCUT2D eigenvalue weighted by Gasteiger charge is -2.06. The number of carbonyl (C=O) groups excluding carboxylic acids is 1. The average Bonchev–Trinajstić information content (AvgIpc) is 2.17. The predicted molar refractivity (Wildman–Crippen MR) is 52.8 cm³/mol. The van der Waals surface area contributed by atoms with Crippen LogP contribution in [0.25, 0.3) is 0 Å². The molecule has 14 heavy (non-hydrogen) atoms. The molecule has 0 saturated heterocycles. The molecular weight excluding hydrogens is 180 g/mol. The molecule has 76 valence electrons. The van der Waals surface area contributed by atoms with E-state index in [1.165, 1.54) is 0 Å². The van der Waals surface area contributed by atoms with Crippen LogP contribution in [0.5, 0.6) is 0 Å². The Balaban J connectivity index is 2.46. The summed E-state index contributed by atoms with van der Waals surface area (Å²) in [5, 5.41) is 2.64. The van der Waals surface area contributed by atoms with Crippen LogP contribution in [0.1, 0.15) is 18.1 Å². The third-order valence-corrected chi connectivity index (χ3v) is 1.85. The lowest BCUT2D eigenvalue weighted by molar-refractivity contribution is 0.151. The van der Waals surface area contributed by atoms with Crippen molar-refractivity contribution in [3.8, 4) is 0 Å². The maximum absolute atomic E-state index is 11.0. The smallest absolute Gasteiger partial charge is 0.407 e. The van der Waals surface area contributed by atoms with Crippen LogP contribution in [-0.4, -0.2) is 17.7 Å². The minimum Gasteiger partial charge on any atom is -0.450 e. The second-order valence-corrected chi connectivity index (χ2v) is 2.88. The van der Waals surface area contributed by atoms with E-state index in [-0.39, 0.29) is 0 Å². The maximum atomic E-state index is 11.0. The summed E-state index contributed by atoms with van der Waals surface area (Å²) in [7, 11) is 0. The molecule has 0 aromatic carbocycles. The van der Waals surface area contributed by atoms with E-state index < -0.39 is 6.09 Å². The molecule has 0 aliphatic heterocycles. The van der Waals surface area contributed by atoms with Gasteiger partial charge in [-0.2, -0.15) is 0 Å². The molecule has 0 unspecified atom stereocenters. The standard InChI is InChI=1S/C10H14N2O2/c1-3-14-10(13)12-7-9-6-11-5-4-8(9)2/h4-6H,3,7H2,1-2H3,(H,12,13). The third-order valence-electron chi connectivity index (χ3n) is 1.85. The average molecular weight is 194 g/mol. The van der Waals surface area contributed by atoms with Crippen LogP contribution < -0.4 is 5.32 Å². The molecule has 1 amide bonds. The van der Waals surface area contributed by atoms with Gasteiger partial charge in [0.1, 0.15) is 0 Å². The topological polar surface area (TPSA) is 51.2 Å². The Hall–Kier alpha value is -1.58. The number of nitrogens with one attached hydrogen (secondary N) is 1. The van der Waals surface area contributed by atoms with E-state index in [1.807, 2.05) is 13.0 Å². The fourth-order valence-electron chi connectivity index (χ4n) is 1.03. The van der Waals surface area contributed by atoms with Gasteiger partial charge in [0.15, 0.2) is 0 Å². The SMILES string of the molecule is CCOC(=O)NCc1cnccc1C. The molecule has 0 aliphatic carbocycles. The monoisotopic (exact) mass is 194 g/mol. The number of pyridine rings is 1. The van der Waals surface area contributed by atoms with E-state index in [0.717, 1.165) is 11.1 Å². The van der Waals surface area contributed by atoms with Gasteiger partial charge in [-0.15, -0.1) is 0 Å². The number of hydrogen-bond acceptors (Lipinski definition) is 3. The summed E-state index contributed by atoms with van der Waals surface area (Å²) in [6.45, 7) is 4.59. The highest BCUT2D eigenvalue weighted by molar-refractivity contribution is 5.67. The summed E-state index contributed by atoms with van der Waals surface area (Å²) in [4.78, 5) is 15.0. The Bertz CT molecular complexity index is 313. The number of ether oxygens (including phenoxy) is 1. The second kappa shape index (κ2) is 5.21. The quantitative estimate of drug-likeness (QED) is 0.795. The zero-order valence-corrected chi connectivity index (χ0v) is 8.41. The van der Waals surface area contributed by atoms with Gasteiger partial charge in [0, 0.05) is 18.9 Å². The molecule has 0 radical (unpaired) electrons. The van der Waals surface area contributed by atoms with Crippen molar-refractivity contribution in [1.29, 1.82) is 0 Å². The van der Waals surface area contributed by atoms with E-state index in [9.17, 15) is 4.79 Å². The molecule has 1 aromatic rings. The van der Waals surface area contributed by atoms with E-state index >= 15 is 0 Å². The van der Waals surface area contributed by atoms with E-state index in [4.69, 9.17) is 4.74 Å². The molecule has 4 nitrogen and oxygen atoms in total. The summed E-state index contributed by atoms with van der Waals surface area (Å²) in [5.41, 5.74) is 2.11. The minimum absolute atomic E-state index is 0.387. The fraction of sp³-hybridized carbons (Fsp3) is 0.400. The summed E-state index contributed by atoms with van der Waals surface area (Å²) in [6.07, 6.45) is 3.07. The van der Waals surface area contributed by atoms with Crippen molar-refractivity contribution < 1.29 is 9.53 Å². The molecule has 0 spiro atoms. The van der Waals surface area contributed by atoms with Gasteiger partial charge >= 0.3 is 6.09 Å². The normalized spacial score (nSPS) is 9.57. The van der Waals surface area contributed by atoms with E-state index in [1.54, 1.807) is 19.3 Å². The third kappa shape index (κ3) is 3.05. The number of nitrogens with zero attached hydrogens (tertiary/aromatic N) is 1. The van der Waals surface area contributed by atoms with Gasteiger partial charge in [-0.25, -0.2) is 4.79 Å². The number of carbonyl (C=O) groups is 1. The number of rotatable bonds is 3. The second-order valence-electron chi connectivity index (χ2n) is 2.88. The van der Waals surface area contributed by atoms with Gasteiger partial charge in [-0.05, 0) is 31.0 Å². The van der Waals surface area contributed by atoms with Gasteiger partial charge in [0.25, 0.3) is 0 Å². The Morgan fingerprint density at radius 1 is 1.64 bits per heavy atom. The van der Waals surface area contributed by atoms with Gasteiger partial charge < -0.3 is 10.1 Å². The van der Waals surface area contributed by atoms with E-state index in [0.29, 0.717) is 13.2 Å². The highest BCUT2D eigenvalue weighted by atomic mass is 16.5. The molecular formula is C10H14N2O2. The molecule has 1 rings (SSSR count). The van der Waals surface area contributed by atoms with Crippen molar-refractivity contribution in [1.82, 2.24) is 10.3 Å². The largest absolute Gasteiger partial charge is 0.450 e. The summed E-state index contributed by atoms with van der Waals surface area (Å²) >= 11 is 0. The lowest BCUT2D eigenvalue weighted by atomic mass is 10.2. The van der Waals surface area contributed by atoms with Gasteiger partial charge in [0.05, 0.1) is 6.61 Å². The Morgan fingerprint density at radius 3 is 3.07 bits per heavy atom. The zero-order valence-electron chi connectivity index (χ0n) is 8.41. The summed E-state index contributed by atoms with van der Waals surface area (Å²) in [5.74, 6) is 0. The number of aryl methyl sites for hydroxylation is 1. The van der Waals surface area contributed by atoms with Crippen LogP contribution in [0.2, 0.25) is 0 Å². The van der Waals surface area contributed by atoms with Gasteiger partial charge in [-0.1, -0.05) is 0 Å². The molecule has 0 fully saturated rings. The minimum atomic E-state index is -0.393. The van der Waals surface area contributed by atoms with Crippen molar-refractivity contribution >= 4 is 6.09 Å². The molecule has 0 atom stereocenters. The molecule has 0 bridgehead atoms. The summed E-state index contributed by atoms with van der Waals surface area (Å²) < 4.78 is 4.73. The molecule has 1 aromatic heterocycles. The number of amides is 1. The van der Waals surface area contributed by atoms with Gasteiger partial charge in [0.2, 0.25) is 0 Å². The van der Waals surface area contributed by atoms with Crippen molar-refractivity contribution in [2.75, 3.05) is 6.61 Å². The summed E-state index contributed by atoms with van der Waals surface area (Å²) in [6, 6.07) is 1.90. The molecule has 0 saturated carbocycles. The van der Waals surface area contributed by atoms with Crippen molar-refractivity contribution in [2.45, 2.75) is 20.4 Å². The highest BCUT2D eigenvalue weighted by Crippen LogP contribution is 2.03. The van der Waals surface area contributed by atoms with Crippen molar-refractivity contribution in [3.63, 3.8) is 0 Å².